The van der Waals surface area contributed by atoms with Crippen molar-refractivity contribution in [2.75, 3.05) is 26.8 Å². The van der Waals surface area contributed by atoms with Crippen LogP contribution in [0.25, 0.3) is 0 Å². The fourth-order valence-corrected chi connectivity index (χ4v) is 1.22. The Morgan fingerprint density at radius 3 is 2.42 bits per heavy atom. The molecule has 8 nitrogen and oxygen atoms in total. The molecule has 0 saturated carbocycles. The molecule has 0 aromatic carbocycles. The van der Waals surface area contributed by atoms with Gasteiger partial charge in [0.05, 0.1) is 6.61 Å². The van der Waals surface area contributed by atoms with E-state index in [2.05, 4.69) is 16.0 Å². The van der Waals surface area contributed by atoms with Crippen molar-refractivity contribution in [2.24, 2.45) is 0 Å². The van der Waals surface area contributed by atoms with Gasteiger partial charge in [-0.3, -0.25) is 4.79 Å². The summed E-state index contributed by atoms with van der Waals surface area (Å²) >= 11 is 0. The molecule has 0 aromatic rings. The Hall–Kier alpha value is -1.83. The van der Waals surface area contributed by atoms with Crippen molar-refractivity contribution in [1.29, 1.82) is 0 Å². The second-order valence-electron chi connectivity index (χ2n) is 3.79. The maximum absolute atomic E-state index is 11.3. The van der Waals surface area contributed by atoms with E-state index in [1.54, 1.807) is 6.92 Å². The van der Waals surface area contributed by atoms with Crippen LogP contribution in [0.2, 0.25) is 0 Å². The molecule has 8 heteroatoms. The maximum atomic E-state index is 11.3. The monoisotopic (exact) mass is 275 g/mol. The molecule has 110 valence electrons. The quantitative estimate of drug-likeness (QED) is 0.415. The SMILES string of the molecule is CCC(NC(=O)NCCC(=O)NCCOC)C(=O)O. The van der Waals surface area contributed by atoms with Crippen molar-refractivity contribution in [1.82, 2.24) is 16.0 Å². The second kappa shape index (κ2) is 10.1. The third-order valence-corrected chi connectivity index (χ3v) is 2.28. The molecule has 0 spiro atoms. The molecule has 0 bridgehead atoms. The largest absolute Gasteiger partial charge is 0.480 e. The summed E-state index contributed by atoms with van der Waals surface area (Å²) < 4.78 is 4.76. The Kier molecular flexibility index (Phi) is 9.15. The molecule has 0 saturated heterocycles. The zero-order valence-corrected chi connectivity index (χ0v) is 11.2. The van der Waals surface area contributed by atoms with Gasteiger partial charge in [0.2, 0.25) is 5.91 Å². The van der Waals surface area contributed by atoms with Gasteiger partial charge in [-0.2, -0.15) is 0 Å². The maximum Gasteiger partial charge on any atom is 0.326 e. The van der Waals surface area contributed by atoms with Crippen molar-refractivity contribution in [2.45, 2.75) is 25.8 Å². The van der Waals surface area contributed by atoms with Crippen LogP contribution in [0.4, 0.5) is 4.79 Å². The van der Waals surface area contributed by atoms with E-state index < -0.39 is 18.0 Å². The number of hydrogen-bond donors (Lipinski definition) is 4. The number of aliphatic carboxylic acids is 1. The van der Waals surface area contributed by atoms with Crippen LogP contribution >= 0.6 is 0 Å². The van der Waals surface area contributed by atoms with Crippen LogP contribution in [-0.2, 0) is 14.3 Å². The molecule has 4 N–H and O–H groups in total. The summed E-state index contributed by atoms with van der Waals surface area (Å²) in [6.07, 6.45) is 0.418. The van der Waals surface area contributed by atoms with E-state index in [0.29, 0.717) is 19.6 Å². The minimum Gasteiger partial charge on any atom is -0.480 e. The molecule has 0 aliphatic heterocycles. The Bertz CT molecular complexity index is 309. The third-order valence-electron chi connectivity index (χ3n) is 2.28. The van der Waals surface area contributed by atoms with Gasteiger partial charge < -0.3 is 25.8 Å². The van der Waals surface area contributed by atoms with E-state index in [1.165, 1.54) is 7.11 Å². The second-order valence-corrected chi connectivity index (χ2v) is 3.79. The van der Waals surface area contributed by atoms with E-state index in [4.69, 9.17) is 9.84 Å². The number of carboxylic acids is 1. The lowest BCUT2D eigenvalue weighted by molar-refractivity contribution is -0.139. The van der Waals surface area contributed by atoms with E-state index in [-0.39, 0.29) is 18.9 Å². The first-order valence-electron chi connectivity index (χ1n) is 6.04. The standard InChI is InChI=1S/C11H21N3O5/c1-3-8(10(16)17)14-11(18)13-5-4-9(15)12-6-7-19-2/h8H,3-7H2,1-2H3,(H,12,15)(H,16,17)(H2,13,14,18). The molecule has 0 fully saturated rings. The molecule has 3 amide bonds. The predicted molar refractivity (Wildman–Crippen MR) is 67.8 cm³/mol. The summed E-state index contributed by atoms with van der Waals surface area (Å²) in [5, 5.41) is 16.0. The van der Waals surface area contributed by atoms with Crippen LogP contribution in [0, 0.1) is 0 Å². The first-order valence-corrected chi connectivity index (χ1v) is 6.04. The van der Waals surface area contributed by atoms with Gasteiger partial charge in [0.15, 0.2) is 0 Å². The molecule has 1 atom stereocenters. The molecule has 0 aliphatic carbocycles. The Morgan fingerprint density at radius 2 is 1.89 bits per heavy atom. The van der Waals surface area contributed by atoms with E-state index in [1.807, 2.05) is 0 Å². The van der Waals surface area contributed by atoms with Crippen molar-refractivity contribution in [3.8, 4) is 0 Å². The first-order chi connectivity index (χ1) is 9.01. The van der Waals surface area contributed by atoms with Gasteiger partial charge in [-0.1, -0.05) is 6.92 Å². The number of methoxy groups -OCH3 is 1. The molecule has 0 rings (SSSR count). The van der Waals surface area contributed by atoms with Gasteiger partial charge >= 0.3 is 12.0 Å². The van der Waals surface area contributed by atoms with Crippen molar-refractivity contribution in [3.63, 3.8) is 0 Å². The van der Waals surface area contributed by atoms with Crippen LogP contribution < -0.4 is 16.0 Å². The molecule has 1 unspecified atom stereocenters. The highest BCUT2D eigenvalue weighted by atomic mass is 16.5. The molecule has 0 heterocycles. The van der Waals surface area contributed by atoms with Crippen LogP contribution in [-0.4, -0.2) is 55.9 Å². The fraction of sp³-hybridized carbons (Fsp3) is 0.727. The molecular formula is C11H21N3O5. The highest BCUT2D eigenvalue weighted by Crippen LogP contribution is 1.90. The normalized spacial score (nSPS) is 11.5. The van der Waals surface area contributed by atoms with E-state index >= 15 is 0 Å². The molecule has 19 heavy (non-hydrogen) atoms. The summed E-state index contributed by atoms with van der Waals surface area (Å²) in [6, 6.07) is -1.52. The van der Waals surface area contributed by atoms with Crippen molar-refractivity contribution in [3.05, 3.63) is 0 Å². The minimum absolute atomic E-state index is 0.126. The van der Waals surface area contributed by atoms with Crippen LogP contribution in [0.5, 0.6) is 0 Å². The van der Waals surface area contributed by atoms with Crippen LogP contribution in [0.15, 0.2) is 0 Å². The average Bonchev–Trinajstić information content (AvgIpc) is 2.36. The molecular weight excluding hydrogens is 254 g/mol. The average molecular weight is 275 g/mol. The smallest absolute Gasteiger partial charge is 0.326 e. The van der Waals surface area contributed by atoms with E-state index in [9.17, 15) is 14.4 Å². The highest BCUT2D eigenvalue weighted by molar-refractivity contribution is 5.83. The summed E-state index contributed by atoms with van der Waals surface area (Å²) in [5.41, 5.74) is 0. The van der Waals surface area contributed by atoms with Crippen molar-refractivity contribution < 1.29 is 24.2 Å². The Labute approximate surface area is 111 Å². The predicted octanol–water partition coefficient (Wildman–Crippen LogP) is -0.698. The summed E-state index contributed by atoms with van der Waals surface area (Å²) in [4.78, 5) is 33.3. The highest BCUT2D eigenvalue weighted by Gasteiger charge is 2.16. The molecule has 0 radical (unpaired) electrons. The van der Waals surface area contributed by atoms with Crippen molar-refractivity contribution >= 4 is 17.9 Å². The van der Waals surface area contributed by atoms with Gasteiger partial charge in [-0.25, -0.2) is 9.59 Å². The zero-order valence-electron chi connectivity index (χ0n) is 11.2. The third kappa shape index (κ3) is 8.83. The number of carboxylic acid groups (broad SMARTS) is 1. The topological polar surface area (TPSA) is 117 Å². The lowest BCUT2D eigenvalue weighted by atomic mass is 10.2. The van der Waals surface area contributed by atoms with Crippen LogP contribution in [0.1, 0.15) is 19.8 Å². The Morgan fingerprint density at radius 1 is 1.21 bits per heavy atom. The van der Waals surface area contributed by atoms with Gasteiger partial charge in [0.25, 0.3) is 0 Å². The summed E-state index contributed by atoms with van der Waals surface area (Å²) in [7, 11) is 1.53. The number of amides is 3. The fourth-order valence-electron chi connectivity index (χ4n) is 1.22. The van der Waals surface area contributed by atoms with Crippen LogP contribution in [0.3, 0.4) is 0 Å². The lowest BCUT2D eigenvalue weighted by Gasteiger charge is -2.13. The van der Waals surface area contributed by atoms with Gasteiger partial charge in [0, 0.05) is 26.6 Å². The summed E-state index contributed by atoms with van der Waals surface area (Å²) in [6.45, 7) is 2.64. The number of carbonyl (C=O) groups excluding carboxylic acids is 2. The molecule has 0 aromatic heterocycles. The van der Waals surface area contributed by atoms with Gasteiger partial charge in [-0.05, 0) is 6.42 Å². The minimum atomic E-state index is -1.09. The number of carbonyl (C=O) groups is 3. The van der Waals surface area contributed by atoms with E-state index in [0.717, 1.165) is 0 Å². The van der Waals surface area contributed by atoms with Gasteiger partial charge in [-0.15, -0.1) is 0 Å². The summed E-state index contributed by atoms with van der Waals surface area (Å²) in [5.74, 6) is -1.29. The van der Waals surface area contributed by atoms with Gasteiger partial charge in [0.1, 0.15) is 6.04 Å². The zero-order chi connectivity index (χ0) is 14.7. The number of nitrogens with one attached hydrogen (secondary N) is 3. The number of ether oxygens (including phenoxy) is 1. The lowest BCUT2D eigenvalue weighted by Crippen LogP contribution is -2.46. The molecule has 0 aliphatic rings. The number of hydrogen-bond acceptors (Lipinski definition) is 4. The number of urea groups is 1. The number of rotatable bonds is 9. The Balaban J connectivity index is 3.73. The first kappa shape index (κ1) is 17.2.